The fourth-order valence-electron chi connectivity index (χ4n) is 2.52. The normalized spacial score (nSPS) is 24.0. The van der Waals surface area contributed by atoms with E-state index in [9.17, 15) is 4.79 Å². The fourth-order valence-corrected chi connectivity index (χ4v) is 2.52. The third-order valence-corrected chi connectivity index (χ3v) is 3.36. The van der Waals surface area contributed by atoms with Gasteiger partial charge in [-0.05, 0) is 24.8 Å². The van der Waals surface area contributed by atoms with Gasteiger partial charge in [0.05, 0.1) is 0 Å². The Labute approximate surface area is 102 Å². The van der Waals surface area contributed by atoms with Crippen molar-refractivity contribution < 1.29 is 9.53 Å². The van der Waals surface area contributed by atoms with Crippen LogP contribution in [-0.4, -0.2) is 12.1 Å². The van der Waals surface area contributed by atoms with Crippen molar-refractivity contribution in [2.24, 2.45) is 0 Å². The molecule has 90 valence electrons. The highest BCUT2D eigenvalue weighted by Crippen LogP contribution is 2.34. The molecule has 1 fully saturated rings. The van der Waals surface area contributed by atoms with Gasteiger partial charge in [-0.25, -0.2) is 4.79 Å². The minimum Gasteiger partial charge on any atom is -0.459 e. The molecule has 0 aliphatic heterocycles. The van der Waals surface area contributed by atoms with Gasteiger partial charge in [0, 0.05) is 12.0 Å². The Morgan fingerprint density at radius 3 is 2.65 bits per heavy atom. The molecule has 2 atom stereocenters. The second-order valence-corrected chi connectivity index (χ2v) is 4.48. The van der Waals surface area contributed by atoms with Crippen molar-refractivity contribution in [3.63, 3.8) is 0 Å². The van der Waals surface area contributed by atoms with Crippen LogP contribution in [0.5, 0.6) is 0 Å². The zero-order valence-corrected chi connectivity index (χ0v) is 9.97. The van der Waals surface area contributed by atoms with E-state index in [1.807, 2.05) is 18.2 Å². The third kappa shape index (κ3) is 2.96. The monoisotopic (exact) mass is 230 g/mol. The first-order chi connectivity index (χ1) is 8.31. The molecular weight excluding hydrogens is 212 g/mol. The Hall–Kier alpha value is -1.57. The molecule has 2 rings (SSSR count). The van der Waals surface area contributed by atoms with Crippen LogP contribution in [-0.2, 0) is 9.53 Å². The van der Waals surface area contributed by atoms with Gasteiger partial charge in [-0.3, -0.25) is 0 Å². The molecule has 1 aromatic carbocycles. The summed E-state index contributed by atoms with van der Waals surface area (Å²) < 4.78 is 5.45. The lowest BCUT2D eigenvalue weighted by Crippen LogP contribution is -2.28. The summed E-state index contributed by atoms with van der Waals surface area (Å²) in [4.78, 5) is 11.3. The van der Waals surface area contributed by atoms with Gasteiger partial charge in [0.2, 0.25) is 0 Å². The minimum atomic E-state index is -0.308. The van der Waals surface area contributed by atoms with Crippen LogP contribution >= 0.6 is 0 Å². The predicted octanol–water partition coefficient (Wildman–Crippen LogP) is 3.44. The summed E-state index contributed by atoms with van der Waals surface area (Å²) in [5.74, 6) is 0.0340. The zero-order chi connectivity index (χ0) is 12.1. The summed E-state index contributed by atoms with van der Waals surface area (Å²) >= 11 is 0. The Kier molecular flexibility index (Phi) is 3.97. The average Bonchev–Trinajstić information content (AvgIpc) is 2.40. The highest BCUT2D eigenvalue weighted by atomic mass is 16.5. The van der Waals surface area contributed by atoms with E-state index in [0.29, 0.717) is 5.92 Å². The molecule has 0 radical (unpaired) electrons. The molecule has 0 saturated heterocycles. The van der Waals surface area contributed by atoms with Crippen LogP contribution < -0.4 is 0 Å². The molecule has 0 amide bonds. The Morgan fingerprint density at radius 1 is 1.24 bits per heavy atom. The largest absolute Gasteiger partial charge is 0.459 e. The van der Waals surface area contributed by atoms with Crippen molar-refractivity contribution >= 4 is 5.97 Å². The smallest absolute Gasteiger partial charge is 0.330 e. The van der Waals surface area contributed by atoms with Crippen LogP contribution in [0.2, 0.25) is 0 Å². The number of carbonyl (C=O) groups is 1. The van der Waals surface area contributed by atoms with Gasteiger partial charge in [-0.1, -0.05) is 43.3 Å². The quantitative estimate of drug-likeness (QED) is 0.587. The highest BCUT2D eigenvalue weighted by molar-refractivity contribution is 5.81. The highest BCUT2D eigenvalue weighted by Gasteiger charge is 2.28. The fraction of sp³-hybridized carbons (Fsp3) is 0.400. The van der Waals surface area contributed by atoms with Gasteiger partial charge in [-0.2, -0.15) is 0 Å². The van der Waals surface area contributed by atoms with E-state index in [2.05, 4.69) is 18.7 Å². The summed E-state index contributed by atoms with van der Waals surface area (Å²) in [6, 6.07) is 10.3. The second-order valence-electron chi connectivity index (χ2n) is 4.48. The van der Waals surface area contributed by atoms with Crippen LogP contribution in [0.25, 0.3) is 0 Å². The lowest BCUT2D eigenvalue weighted by Gasteiger charge is -2.31. The first-order valence-corrected chi connectivity index (χ1v) is 6.19. The average molecular weight is 230 g/mol. The van der Waals surface area contributed by atoms with Crippen molar-refractivity contribution in [2.45, 2.75) is 37.7 Å². The maximum Gasteiger partial charge on any atom is 0.330 e. The molecule has 1 aliphatic carbocycles. The van der Waals surface area contributed by atoms with Crippen molar-refractivity contribution in [1.29, 1.82) is 0 Å². The Balaban J connectivity index is 2.12. The van der Waals surface area contributed by atoms with Crippen molar-refractivity contribution in [1.82, 2.24) is 0 Å². The predicted molar refractivity (Wildman–Crippen MR) is 67.7 cm³/mol. The number of hydrogen-bond acceptors (Lipinski definition) is 2. The molecule has 0 N–H and O–H groups in total. The van der Waals surface area contributed by atoms with Crippen LogP contribution in [0, 0.1) is 0 Å². The van der Waals surface area contributed by atoms with Crippen LogP contribution in [0.15, 0.2) is 43.0 Å². The van der Waals surface area contributed by atoms with Gasteiger partial charge >= 0.3 is 5.97 Å². The molecule has 0 spiro atoms. The van der Waals surface area contributed by atoms with E-state index < -0.39 is 0 Å². The van der Waals surface area contributed by atoms with Gasteiger partial charge < -0.3 is 4.74 Å². The number of rotatable bonds is 3. The van der Waals surface area contributed by atoms with Gasteiger partial charge in [0.15, 0.2) is 0 Å². The molecular formula is C15H18O2. The summed E-state index contributed by atoms with van der Waals surface area (Å²) in [5, 5.41) is 0. The molecule has 0 unspecified atom stereocenters. The number of benzene rings is 1. The number of hydrogen-bond donors (Lipinski definition) is 0. The standard InChI is InChI=1S/C15H18O2/c1-2-15(16)17-14-11-7-6-10-13(14)12-8-4-3-5-9-12/h2-5,8-9,13-14H,1,6-7,10-11H2/t13-,14+/m0/s1. The van der Waals surface area contributed by atoms with E-state index in [0.717, 1.165) is 19.3 Å². The molecule has 0 bridgehead atoms. The summed E-state index contributed by atoms with van der Waals surface area (Å²) in [5.41, 5.74) is 1.27. The molecule has 17 heavy (non-hydrogen) atoms. The van der Waals surface area contributed by atoms with Crippen LogP contribution in [0.3, 0.4) is 0 Å². The summed E-state index contributed by atoms with van der Waals surface area (Å²) in [6.45, 7) is 3.45. The van der Waals surface area contributed by atoms with E-state index in [1.165, 1.54) is 18.1 Å². The molecule has 1 aliphatic rings. The maximum absolute atomic E-state index is 11.3. The minimum absolute atomic E-state index is 0.0108. The number of ether oxygens (including phenoxy) is 1. The molecule has 0 aromatic heterocycles. The summed E-state index contributed by atoms with van der Waals surface area (Å²) in [7, 11) is 0. The van der Waals surface area contributed by atoms with Crippen molar-refractivity contribution in [3.8, 4) is 0 Å². The van der Waals surface area contributed by atoms with Crippen molar-refractivity contribution in [3.05, 3.63) is 48.6 Å². The van der Waals surface area contributed by atoms with Gasteiger partial charge in [0.25, 0.3) is 0 Å². The van der Waals surface area contributed by atoms with Gasteiger partial charge in [0.1, 0.15) is 6.10 Å². The van der Waals surface area contributed by atoms with E-state index in [-0.39, 0.29) is 12.1 Å². The van der Waals surface area contributed by atoms with E-state index in [1.54, 1.807) is 0 Å². The molecule has 1 saturated carbocycles. The zero-order valence-electron chi connectivity index (χ0n) is 9.97. The Morgan fingerprint density at radius 2 is 1.94 bits per heavy atom. The lowest BCUT2D eigenvalue weighted by molar-refractivity contribution is -0.145. The van der Waals surface area contributed by atoms with Crippen molar-refractivity contribution in [2.75, 3.05) is 0 Å². The molecule has 2 heteroatoms. The van der Waals surface area contributed by atoms with Crippen LogP contribution in [0.1, 0.15) is 37.2 Å². The second kappa shape index (κ2) is 5.67. The first-order valence-electron chi connectivity index (χ1n) is 6.19. The van der Waals surface area contributed by atoms with E-state index >= 15 is 0 Å². The van der Waals surface area contributed by atoms with Gasteiger partial charge in [-0.15, -0.1) is 0 Å². The Bertz CT molecular complexity index is 383. The third-order valence-electron chi connectivity index (χ3n) is 3.36. The van der Waals surface area contributed by atoms with E-state index in [4.69, 9.17) is 4.74 Å². The maximum atomic E-state index is 11.3. The SMILES string of the molecule is C=CC(=O)O[C@@H]1CCCC[C@H]1c1ccccc1. The molecule has 1 aromatic rings. The summed E-state index contributed by atoms with van der Waals surface area (Å²) in [6.07, 6.45) is 5.66. The first kappa shape index (κ1) is 11.9. The lowest BCUT2D eigenvalue weighted by atomic mass is 9.81. The molecule has 2 nitrogen and oxygen atoms in total. The molecule has 0 heterocycles. The number of carbonyl (C=O) groups excluding carboxylic acids is 1. The number of esters is 1. The topological polar surface area (TPSA) is 26.3 Å². The van der Waals surface area contributed by atoms with Crippen LogP contribution in [0.4, 0.5) is 0 Å².